The molecule has 2 atom stereocenters. The van der Waals surface area contributed by atoms with Crippen LogP contribution in [-0.4, -0.2) is 34.5 Å². The molecule has 0 saturated carbocycles. The predicted octanol–water partition coefficient (Wildman–Crippen LogP) is 2.70. The van der Waals surface area contributed by atoms with Gasteiger partial charge in [-0.05, 0) is 44.2 Å². The van der Waals surface area contributed by atoms with Crippen molar-refractivity contribution < 1.29 is 14.3 Å². The van der Waals surface area contributed by atoms with Crippen LogP contribution in [-0.2, 0) is 6.54 Å². The minimum absolute atomic E-state index is 0.459. The van der Waals surface area contributed by atoms with Gasteiger partial charge in [0.15, 0.2) is 0 Å². The third-order valence-electron chi connectivity index (χ3n) is 4.97. The number of benzene rings is 1. The molecule has 0 fully saturated rings. The number of rotatable bonds is 4. The van der Waals surface area contributed by atoms with Crippen LogP contribution < -0.4 is 10.1 Å². The van der Waals surface area contributed by atoms with E-state index in [4.69, 9.17) is 9.15 Å². The molecule has 1 aromatic heterocycles. The molecule has 4 rings (SSSR count). The zero-order valence-corrected chi connectivity index (χ0v) is 15.8. The van der Waals surface area contributed by atoms with Crippen molar-refractivity contribution in [1.29, 1.82) is 5.26 Å². The van der Waals surface area contributed by atoms with E-state index in [1.807, 2.05) is 38.4 Å². The van der Waals surface area contributed by atoms with Crippen molar-refractivity contribution in [3.05, 3.63) is 65.5 Å². The molecule has 2 N–H and O–H groups in total. The molecule has 28 heavy (non-hydrogen) atoms. The molecule has 0 radical (unpaired) electrons. The highest BCUT2D eigenvalue weighted by atomic mass is 16.5. The standard InChI is InChI=1S/C21H22N4O3/c1-21(2)20(26)19(16-10-14(11-22)5-6-17(16)28-21)24-18-13-25(8-7-23-18)12-15-4-3-9-27-15/h3-7,9-10,13,19-20,24,26H,8,12H2,1-2H3/t19-,20+/m0/s1. The molecule has 0 saturated heterocycles. The number of aliphatic hydroxyl groups excluding tert-OH is 1. The number of hydrogen-bond donors (Lipinski definition) is 2. The molecule has 3 heterocycles. The molecule has 7 heteroatoms. The fourth-order valence-corrected chi connectivity index (χ4v) is 3.48. The summed E-state index contributed by atoms with van der Waals surface area (Å²) >= 11 is 0. The van der Waals surface area contributed by atoms with Crippen LogP contribution >= 0.6 is 0 Å². The molecule has 2 aromatic rings. The van der Waals surface area contributed by atoms with Crippen LogP contribution in [0.25, 0.3) is 0 Å². The van der Waals surface area contributed by atoms with Crippen molar-refractivity contribution >= 4 is 6.21 Å². The molecule has 1 aromatic carbocycles. The second-order valence-electron chi connectivity index (χ2n) is 7.47. The van der Waals surface area contributed by atoms with E-state index in [9.17, 15) is 10.4 Å². The van der Waals surface area contributed by atoms with Gasteiger partial charge in [0.1, 0.15) is 29.0 Å². The molecule has 0 amide bonds. The van der Waals surface area contributed by atoms with Crippen LogP contribution in [0.2, 0.25) is 0 Å². The molecule has 7 nitrogen and oxygen atoms in total. The highest BCUT2D eigenvalue weighted by Crippen LogP contribution is 2.40. The quantitative estimate of drug-likeness (QED) is 0.850. The Kier molecular flexibility index (Phi) is 4.57. The Morgan fingerprint density at radius 2 is 2.25 bits per heavy atom. The van der Waals surface area contributed by atoms with Gasteiger partial charge in [-0.1, -0.05) is 0 Å². The fraction of sp³-hybridized carbons (Fsp3) is 0.333. The summed E-state index contributed by atoms with van der Waals surface area (Å²) in [6, 6.07) is 10.7. The molecule has 2 aliphatic rings. The van der Waals surface area contributed by atoms with Crippen LogP contribution in [0.15, 0.2) is 58.0 Å². The lowest BCUT2D eigenvalue weighted by Crippen LogP contribution is -2.52. The summed E-state index contributed by atoms with van der Waals surface area (Å²) < 4.78 is 11.4. The van der Waals surface area contributed by atoms with E-state index in [0.717, 1.165) is 11.3 Å². The Hall–Kier alpha value is -3.24. The van der Waals surface area contributed by atoms with Gasteiger partial charge in [0.2, 0.25) is 0 Å². The van der Waals surface area contributed by atoms with Crippen molar-refractivity contribution in [2.45, 2.75) is 38.1 Å². The second kappa shape index (κ2) is 7.06. The van der Waals surface area contributed by atoms with Crippen LogP contribution in [0.1, 0.15) is 36.8 Å². The first-order valence-corrected chi connectivity index (χ1v) is 9.15. The predicted molar refractivity (Wildman–Crippen MR) is 103 cm³/mol. The van der Waals surface area contributed by atoms with Gasteiger partial charge in [-0.2, -0.15) is 5.26 Å². The SMILES string of the molecule is CC1(C)Oc2ccc(C#N)cc2[C@H](NC2=CN(Cc3ccco3)CC=N2)[C@H]1O. The maximum Gasteiger partial charge on any atom is 0.142 e. The van der Waals surface area contributed by atoms with Crippen molar-refractivity contribution in [2.24, 2.45) is 4.99 Å². The molecule has 2 aliphatic heterocycles. The van der Waals surface area contributed by atoms with Gasteiger partial charge in [-0.25, -0.2) is 4.99 Å². The number of hydrogen-bond acceptors (Lipinski definition) is 7. The largest absolute Gasteiger partial charge is 0.485 e. The molecular formula is C21H22N4O3. The first-order valence-electron chi connectivity index (χ1n) is 9.15. The Morgan fingerprint density at radius 1 is 1.39 bits per heavy atom. The van der Waals surface area contributed by atoms with Crippen LogP contribution in [0.3, 0.4) is 0 Å². The Balaban J connectivity index is 1.61. The monoisotopic (exact) mass is 378 g/mol. The lowest BCUT2D eigenvalue weighted by atomic mass is 9.86. The van der Waals surface area contributed by atoms with E-state index >= 15 is 0 Å². The normalized spacial score (nSPS) is 22.6. The van der Waals surface area contributed by atoms with Crippen molar-refractivity contribution in [2.75, 3.05) is 6.54 Å². The molecule has 0 aliphatic carbocycles. The van der Waals surface area contributed by atoms with E-state index < -0.39 is 17.7 Å². The topological polar surface area (TPSA) is 94.0 Å². The second-order valence-corrected chi connectivity index (χ2v) is 7.47. The molecule has 0 bridgehead atoms. The minimum atomic E-state index is -0.828. The number of ether oxygens (including phenoxy) is 1. The van der Waals surface area contributed by atoms with Gasteiger partial charge in [-0.3, -0.25) is 0 Å². The minimum Gasteiger partial charge on any atom is -0.485 e. The number of nitrogens with zero attached hydrogens (tertiary/aromatic N) is 3. The van der Waals surface area contributed by atoms with Crippen LogP contribution in [0, 0.1) is 11.3 Å². The number of nitriles is 1. The van der Waals surface area contributed by atoms with Gasteiger partial charge in [0.05, 0.1) is 37.0 Å². The summed E-state index contributed by atoms with van der Waals surface area (Å²) in [5.74, 6) is 2.15. The summed E-state index contributed by atoms with van der Waals surface area (Å²) in [6.45, 7) is 4.98. The van der Waals surface area contributed by atoms with Crippen molar-refractivity contribution in [1.82, 2.24) is 10.2 Å². The average Bonchev–Trinajstić information content (AvgIpc) is 3.18. The number of aliphatic imine (C=N–C) groups is 1. The molecular weight excluding hydrogens is 356 g/mol. The number of furan rings is 1. The summed E-state index contributed by atoms with van der Waals surface area (Å²) in [4.78, 5) is 6.50. The Bertz CT molecular complexity index is 957. The maximum atomic E-state index is 10.9. The maximum absolute atomic E-state index is 10.9. The molecule has 0 unspecified atom stereocenters. The molecule has 0 spiro atoms. The van der Waals surface area contributed by atoms with Gasteiger partial charge in [0.25, 0.3) is 0 Å². The summed E-state index contributed by atoms with van der Waals surface area (Å²) in [5.41, 5.74) is 0.470. The van der Waals surface area contributed by atoms with Gasteiger partial charge in [0, 0.05) is 18.0 Å². The van der Waals surface area contributed by atoms with E-state index in [1.165, 1.54) is 0 Å². The molecule has 144 valence electrons. The smallest absolute Gasteiger partial charge is 0.142 e. The fourth-order valence-electron chi connectivity index (χ4n) is 3.48. The van der Waals surface area contributed by atoms with Crippen molar-refractivity contribution in [3.8, 4) is 11.8 Å². The first kappa shape index (κ1) is 18.1. The van der Waals surface area contributed by atoms with E-state index in [1.54, 1.807) is 24.5 Å². The number of fused-ring (bicyclic) bond motifs is 1. The highest BCUT2D eigenvalue weighted by molar-refractivity contribution is 5.62. The lowest BCUT2D eigenvalue weighted by Gasteiger charge is -2.42. The summed E-state index contributed by atoms with van der Waals surface area (Å²) in [5, 5.41) is 23.5. The van der Waals surface area contributed by atoms with Gasteiger partial charge < -0.3 is 24.5 Å². The zero-order valence-electron chi connectivity index (χ0n) is 15.8. The zero-order chi connectivity index (χ0) is 19.7. The Labute approximate surface area is 163 Å². The first-order chi connectivity index (χ1) is 13.5. The van der Waals surface area contributed by atoms with E-state index in [0.29, 0.717) is 30.2 Å². The van der Waals surface area contributed by atoms with Gasteiger partial charge >= 0.3 is 0 Å². The highest BCUT2D eigenvalue weighted by Gasteiger charge is 2.43. The van der Waals surface area contributed by atoms with Crippen molar-refractivity contribution in [3.63, 3.8) is 0 Å². The summed E-state index contributed by atoms with van der Waals surface area (Å²) in [7, 11) is 0. The van der Waals surface area contributed by atoms with Crippen LogP contribution in [0.4, 0.5) is 0 Å². The number of nitrogens with one attached hydrogen (secondary N) is 1. The lowest BCUT2D eigenvalue weighted by molar-refractivity contribution is -0.0628. The summed E-state index contributed by atoms with van der Waals surface area (Å²) in [6.07, 6.45) is 4.55. The van der Waals surface area contributed by atoms with Gasteiger partial charge in [-0.15, -0.1) is 0 Å². The average molecular weight is 378 g/mol. The van der Waals surface area contributed by atoms with E-state index in [-0.39, 0.29) is 0 Å². The third kappa shape index (κ3) is 3.47. The third-order valence-corrected chi connectivity index (χ3v) is 4.97. The van der Waals surface area contributed by atoms with E-state index in [2.05, 4.69) is 21.3 Å². The Morgan fingerprint density at radius 3 is 3.00 bits per heavy atom. The number of aliphatic hydroxyl groups is 1. The van der Waals surface area contributed by atoms with Crippen LogP contribution in [0.5, 0.6) is 5.75 Å².